The van der Waals surface area contributed by atoms with Gasteiger partial charge in [-0.2, -0.15) is 4.98 Å². The van der Waals surface area contributed by atoms with Crippen molar-refractivity contribution in [3.63, 3.8) is 0 Å². The van der Waals surface area contributed by atoms with E-state index in [1.165, 1.54) is 18.4 Å². The van der Waals surface area contributed by atoms with E-state index >= 15 is 0 Å². The molecule has 3 heterocycles. The molecule has 2 amide bonds. The van der Waals surface area contributed by atoms with Crippen LogP contribution in [0, 0.1) is 5.82 Å². The van der Waals surface area contributed by atoms with E-state index in [9.17, 15) is 14.0 Å². The molecule has 8 nitrogen and oxygen atoms in total. The number of hydrogen-bond donors (Lipinski definition) is 0. The van der Waals surface area contributed by atoms with E-state index in [-0.39, 0.29) is 17.6 Å². The number of aromatic nitrogens is 2. The van der Waals surface area contributed by atoms with Crippen molar-refractivity contribution in [2.24, 2.45) is 0 Å². The Labute approximate surface area is 188 Å². The summed E-state index contributed by atoms with van der Waals surface area (Å²) in [5.41, 5.74) is 1.84. The van der Waals surface area contributed by atoms with Crippen LogP contribution in [-0.2, 0) is 0 Å². The van der Waals surface area contributed by atoms with Crippen molar-refractivity contribution in [1.29, 1.82) is 0 Å². The Morgan fingerprint density at radius 1 is 0.818 bits per heavy atom. The first-order chi connectivity index (χ1) is 16.1. The summed E-state index contributed by atoms with van der Waals surface area (Å²) < 4.78 is 23.6. The average molecular weight is 446 g/mol. The van der Waals surface area contributed by atoms with Gasteiger partial charge in [0.1, 0.15) is 5.82 Å². The number of piperazine rings is 1. The van der Waals surface area contributed by atoms with E-state index < -0.39 is 0 Å². The minimum absolute atomic E-state index is 0.107. The predicted octanol–water partition coefficient (Wildman–Crippen LogP) is 3.73. The lowest BCUT2D eigenvalue weighted by molar-refractivity contribution is 0.0518. The standard InChI is InChI=1S/C24H19FN4O4/c25-19-9-7-16(8-10-19)21-26-22(33-27-21)17-3-5-18(6-4-17)23(30)28-11-13-29(14-12-28)24(31)20-2-1-15-32-20/h1-10,15H,11-14H2. The van der Waals surface area contributed by atoms with E-state index in [1.807, 2.05) is 0 Å². The molecule has 0 bridgehead atoms. The van der Waals surface area contributed by atoms with Crippen LogP contribution >= 0.6 is 0 Å². The Morgan fingerprint density at radius 2 is 1.45 bits per heavy atom. The van der Waals surface area contributed by atoms with Gasteiger partial charge in [0.2, 0.25) is 5.82 Å². The molecule has 0 spiro atoms. The molecular weight excluding hydrogens is 427 g/mol. The van der Waals surface area contributed by atoms with Gasteiger partial charge in [-0.25, -0.2) is 4.39 Å². The minimum Gasteiger partial charge on any atom is -0.459 e. The van der Waals surface area contributed by atoms with Crippen molar-refractivity contribution in [3.05, 3.63) is 84.1 Å². The predicted molar refractivity (Wildman–Crippen MR) is 116 cm³/mol. The third kappa shape index (κ3) is 4.25. The minimum atomic E-state index is -0.340. The lowest BCUT2D eigenvalue weighted by atomic mass is 10.1. The van der Waals surface area contributed by atoms with Gasteiger partial charge < -0.3 is 18.7 Å². The number of nitrogens with zero attached hydrogens (tertiary/aromatic N) is 4. The van der Waals surface area contributed by atoms with Crippen molar-refractivity contribution in [2.45, 2.75) is 0 Å². The third-order valence-electron chi connectivity index (χ3n) is 5.49. The average Bonchev–Trinajstić information content (AvgIpc) is 3.57. The molecule has 2 aromatic heterocycles. The number of hydrogen-bond acceptors (Lipinski definition) is 6. The second kappa shape index (κ2) is 8.70. The topological polar surface area (TPSA) is 92.7 Å². The smallest absolute Gasteiger partial charge is 0.289 e. The third-order valence-corrected chi connectivity index (χ3v) is 5.49. The highest BCUT2D eigenvalue weighted by Crippen LogP contribution is 2.23. The highest BCUT2D eigenvalue weighted by molar-refractivity contribution is 5.95. The van der Waals surface area contributed by atoms with Crippen LogP contribution in [0.25, 0.3) is 22.8 Å². The second-order valence-corrected chi connectivity index (χ2v) is 7.57. The fourth-order valence-corrected chi connectivity index (χ4v) is 3.66. The van der Waals surface area contributed by atoms with Crippen LogP contribution in [0.3, 0.4) is 0 Å². The van der Waals surface area contributed by atoms with Crippen LogP contribution < -0.4 is 0 Å². The highest BCUT2D eigenvalue weighted by Gasteiger charge is 2.26. The molecule has 0 atom stereocenters. The van der Waals surface area contributed by atoms with Gasteiger partial charge in [0.25, 0.3) is 17.7 Å². The summed E-state index contributed by atoms with van der Waals surface area (Å²) in [5.74, 6) is 0.341. The van der Waals surface area contributed by atoms with E-state index in [0.717, 1.165) is 0 Å². The first kappa shape index (κ1) is 20.6. The Morgan fingerprint density at radius 3 is 2.09 bits per heavy atom. The van der Waals surface area contributed by atoms with Crippen LogP contribution in [0.1, 0.15) is 20.9 Å². The molecule has 1 saturated heterocycles. The number of rotatable bonds is 4. The molecule has 1 aliphatic rings. The maximum Gasteiger partial charge on any atom is 0.289 e. The maximum absolute atomic E-state index is 13.1. The summed E-state index contributed by atoms with van der Waals surface area (Å²) in [5, 5.41) is 3.94. The lowest BCUT2D eigenvalue weighted by Crippen LogP contribution is -2.50. The van der Waals surface area contributed by atoms with Crippen LogP contribution in [0.15, 0.2) is 75.9 Å². The summed E-state index contributed by atoms with van der Waals surface area (Å²) in [6.45, 7) is 1.77. The van der Waals surface area contributed by atoms with Gasteiger partial charge in [-0.05, 0) is 60.7 Å². The first-order valence-corrected chi connectivity index (χ1v) is 10.4. The molecule has 1 fully saturated rings. The zero-order valence-electron chi connectivity index (χ0n) is 17.5. The molecule has 9 heteroatoms. The number of halogens is 1. The fraction of sp³-hybridized carbons (Fsp3) is 0.167. The molecule has 5 rings (SSSR count). The van der Waals surface area contributed by atoms with Crippen molar-refractivity contribution in [2.75, 3.05) is 26.2 Å². The van der Waals surface area contributed by atoms with Gasteiger partial charge >= 0.3 is 0 Å². The van der Waals surface area contributed by atoms with Crippen molar-refractivity contribution in [3.8, 4) is 22.8 Å². The van der Waals surface area contributed by atoms with Crippen molar-refractivity contribution in [1.82, 2.24) is 19.9 Å². The summed E-state index contributed by atoms with van der Waals surface area (Å²) in [7, 11) is 0. The van der Waals surface area contributed by atoms with Crippen LogP contribution in [0.4, 0.5) is 4.39 Å². The number of carbonyl (C=O) groups excluding carboxylic acids is 2. The molecule has 0 aliphatic carbocycles. The van der Waals surface area contributed by atoms with Gasteiger partial charge in [0, 0.05) is 42.9 Å². The van der Waals surface area contributed by atoms with Gasteiger partial charge in [0.15, 0.2) is 5.76 Å². The fourth-order valence-electron chi connectivity index (χ4n) is 3.66. The van der Waals surface area contributed by atoms with Gasteiger partial charge in [-0.15, -0.1) is 0 Å². The van der Waals surface area contributed by atoms with E-state index in [2.05, 4.69) is 10.1 Å². The molecule has 0 radical (unpaired) electrons. The molecule has 0 unspecified atom stereocenters. The molecule has 1 aliphatic heterocycles. The number of carbonyl (C=O) groups is 2. The van der Waals surface area contributed by atoms with Crippen LogP contribution in [0.5, 0.6) is 0 Å². The maximum atomic E-state index is 13.1. The van der Waals surface area contributed by atoms with Gasteiger partial charge in [-0.3, -0.25) is 9.59 Å². The lowest BCUT2D eigenvalue weighted by Gasteiger charge is -2.34. The normalized spacial score (nSPS) is 13.8. The molecule has 0 N–H and O–H groups in total. The molecule has 4 aromatic rings. The first-order valence-electron chi connectivity index (χ1n) is 10.4. The van der Waals surface area contributed by atoms with Gasteiger partial charge in [0.05, 0.1) is 6.26 Å². The number of furan rings is 1. The number of amides is 2. The highest BCUT2D eigenvalue weighted by atomic mass is 19.1. The molecule has 0 saturated carbocycles. The SMILES string of the molecule is O=C(c1ccc(-c2nc(-c3ccc(F)cc3)no2)cc1)N1CCN(C(=O)c2ccco2)CC1. The summed E-state index contributed by atoms with van der Waals surface area (Å²) in [6, 6.07) is 16.0. The molecule has 33 heavy (non-hydrogen) atoms. The number of benzene rings is 2. The quantitative estimate of drug-likeness (QED) is 0.474. The van der Waals surface area contributed by atoms with E-state index in [1.54, 1.807) is 58.3 Å². The molecular formula is C24H19FN4O4. The monoisotopic (exact) mass is 446 g/mol. The van der Waals surface area contributed by atoms with Crippen LogP contribution in [0.2, 0.25) is 0 Å². The van der Waals surface area contributed by atoms with E-state index in [0.29, 0.717) is 60.3 Å². The van der Waals surface area contributed by atoms with Crippen molar-refractivity contribution >= 4 is 11.8 Å². The zero-order chi connectivity index (χ0) is 22.8. The Hall–Kier alpha value is -4.27. The zero-order valence-corrected chi connectivity index (χ0v) is 17.5. The Balaban J connectivity index is 1.22. The van der Waals surface area contributed by atoms with Gasteiger partial charge in [-0.1, -0.05) is 5.16 Å². The molecule has 166 valence electrons. The van der Waals surface area contributed by atoms with Crippen LogP contribution in [-0.4, -0.2) is 57.9 Å². The summed E-state index contributed by atoms with van der Waals surface area (Å²) in [6.07, 6.45) is 1.47. The second-order valence-electron chi connectivity index (χ2n) is 7.57. The molecule has 2 aromatic carbocycles. The Bertz CT molecular complexity index is 1260. The summed E-state index contributed by atoms with van der Waals surface area (Å²) >= 11 is 0. The Kier molecular flexibility index (Phi) is 5.43. The van der Waals surface area contributed by atoms with E-state index in [4.69, 9.17) is 8.94 Å². The summed E-state index contributed by atoms with van der Waals surface area (Å²) in [4.78, 5) is 33.0. The van der Waals surface area contributed by atoms with Crippen molar-refractivity contribution < 1.29 is 22.9 Å². The largest absolute Gasteiger partial charge is 0.459 e.